The third-order valence-electron chi connectivity index (χ3n) is 5.12. The number of piperidine rings is 1. The third kappa shape index (κ3) is 3.84. The number of rotatable bonds is 3. The molecule has 0 saturated carbocycles. The van der Waals surface area contributed by atoms with Crippen molar-refractivity contribution >= 4 is 17.9 Å². The van der Waals surface area contributed by atoms with Crippen LogP contribution in [0.15, 0.2) is 18.5 Å². The lowest BCUT2D eigenvalue weighted by molar-refractivity contribution is -0.137. The zero-order valence-corrected chi connectivity index (χ0v) is 15.8. The average molecular weight is 406 g/mol. The van der Waals surface area contributed by atoms with Crippen LogP contribution in [0, 0.1) is 0 Å². The molecular weight excluding hydrogens is 385 g/mol. The molecule has 1 unspecified atom stereocenters. The number of likely N-dealkylation sites (N-methyl/N-ethyl adjacent to an activating group) is 1. The molecule has 2 aliphatic rings. The van der Waals surface area contributed by atoms with E-state index in [0.29, 0.717) is 18.7 Å². The number of nitrogens with zero attached hydrogens (tertiary/aromatic N) is 3. The number of nitrogens with one attached hydrogen (secondary N) is 3. The van der Waals surface area contributed by atoms with Gasteiger partial charge < -0.3 is 20.5 Å². The number of anilines is 1. The maximum atomic E-state index is 13.7. The number of aromatic nitrogens is 3. The molecule has 2 aliphatic heterocycles. The van der Waals surface area contributed by atoms with Crippen LogP contribution in [-0.2, 0) is 6.18 Å². The number of hydrogen-bond donors (Lipinski definition) is 3. The van der Waals surface area contributed by atoms with Gasteiger partial charge in [-0.2, -0.15) is 13.2 Å². The van der Waals surface area contributed by atoms with Crippen molar-refractivity contribution in [1.29, 1.82) is 0 Å². The third-order valence-corrected chi connectivity index (χ3v) is 5.12. The Labute approximate surface area is 165 Å². The van der Waals surface area contributed by atoms with E-state index >= 15 is 0 Å². The standard InChI is InChI=1S/C19H21F3N6O/c1-28-7-3-5-12-13(9-24-16(12)17(28)29)15-14(19(20,21)22)10-25-18(27-15)26-11-4-2-6-23-8-11/h3,5,9-11,23-24H,2,4,6-8H2,1H3,(H,25,26,27). The smallest absolute Gasteiger partial charge is 0.356 e. The van der Waals surface area contributed by atoms with E-state index in [2.05, 4.69) is 25.6 Å². The van der Waals surface area contributed by atoms with Gasteiger partial charge in [-0.1, -0.05) is 12.2 Å². The fourth-order valence-electron chi connectivity index (χ4n) is 3.60. The summed E-state index contributed by atoms with van der Waals surface area (Å²) in [6.45, 7) is 1.99. The van der Waals surface area contributed by atoms with Gasteiger partial charge in [0.15, 0.2) is 0 Å². The minimum Gasteiger partial charge on any atom is -0.356 e. The summed E-state index contributed by atoms with van der Waals surface area (Å²) < 4.78 is 41.0. The van der Waals surface area contributed by atoms with Gasteiger partial charge in [-0.3, -0.25) is 4.79 Å². The Kier molecular flexibility index (Phi) is 5.03. The zero-order valence-electron chi connectivity index (χ0n) is 15.8. The normalized spacial score (nSPS) is 19.8. The first-order valence-corrected chi connectivity index (χ1v) is 9.40. The van der Waals surface area contributed by atoms with Crippen LogP contribution in [-0.4, -0.2) is 58.5 Å². The second-order valence-electron chi connectivity index (χ2n) is 7.22. The Hall–Kier alpha value is -2.88. The van der Waals surface area contributed by atoms with Gasteiger partial charge in [-0.15, -0.1) is 0 Å². The Balaban J connectivity index is 1.78. The molecule has 0 radical (unpaired) electrons. The van der Waals surface area contributed by atoms with E-state index in [1.54, 1.807) is 19.2 Å². The maximum absolute atomic E-state index is 13.7. The number of H-pyrrole nitrogens is 1. The minimum absolute atomic E-state index is 0.0480. The molecule has 0 aliphatic carbocycles. The zero-order chi connectivity index (χ0) is 20.6. The van der Waals surface area contributed by atoms with Gasteiger partial charge in [0.05, 0.1) is 5.69 Å². The molecule has 2 aromatic rings. The highest BCUT2D eigenvalue weighted by atomic mass is 19.4. The summed E-state index contributed by atoms with van der Waals surface area (Å²) in [5, 5.41) is 6.35. The number of amides is 1. The fourth-order valence-corrected chi connectivity index (χ4v) is 3.60. The van der Waals surface area contributed by atoms with E-state index in [9.17, 15) is 18.0 Å². The number of hydrogen-bond acceptors (Lipinski definition) is 5. The summed E-state index contributed by atoms with van der Waals surface area (Å²) in [6, 6.07) is 0.0480. The summed E-state index contributed by atoms with van der Waals surface area (Å²) in [4.78, 5) is 24.9. The van der Waals surface area contributed by atoms with Crippen molar-refractivity contribution in [1.82, 2.24) is 25.2 Å². The van der Waals surface area contributed by atoms with Crippen molar-refractivity contribution in [2.24, 2.45) is 0 Å². The summed E-state index contributed by atoms with van der Waals surface area (Å²) in [5.74, 6) is -0.150. The molecule has 1 saturated heterocycles. The lowest BCUT2D eigenvalue weighted by atomic mass is 10.0. The number of aromatic amines is 1. The van der Waals surface area contributed by atoms with Crippen LogP contribution in [0.2, 0.25) is 0 Å². The quantitative estimate of drug-likeness (QED) is 0.730. The fraction of sp³-hybridized carbons (Fsp3) is 0.421. The van der Waals surface area contributed by atoms with Crippen LogP contribution in [0.5, 0.6) is 0 Å². The largest absolute Gasteiger partial charge is 0.419 e. The molecule has 4 heterocycles. The van der Waals surface area contributed by atoms with Gasteiger partial charge in [0.2, 0.25) is 5.95 Å². The van der Waals surface area contributed by atoms with Crippen molar-refractivity contribution in [2.45, 2.75) is 25.1 Å². The Bertz CT molecular complexity index is 946. The Morgan fingerprint density at radius 3 is 2.90 bits per heavy atom. The van der Waals surface area contributed by atoms with E-state index < -0.39 is 11.7 Å². The lowest BCUT2D eigenvalue weighted by Gasteiger charge is -2.24. The lowest BCUT2D eigenvalue weighted by Crippen LogP contribution is -2.38. The van der Waals surface area contributed by atoms with E-state index in [4.69, 9.17) is 0 Å². The predicted molar refractivity (Wildman–Crippen MR) is 102 cm³/mol. The molecule has 154 valence electrons. The number of carbonyl (C=O) groups excluding carboxylic acids is 1. The molecule has 29 heavy (non-hydrogen) atoms. The summed E-state index contributed by atoms with van der Waals surface area (Å²) in [5.41, 5.74) is -0.328. The topological polar surface area (TPSA) is 85.9 Å². The maximum Gasteiger partial charge on any atom is 0.419 e. The highest BCUT2D eigenvalue weighted by Crippen LogP contribution is 2.38. The Morgan fingerprint density at radius 2 is 2.17 bits per heavy atom. The second kappa shape index (κ2) is 7.51. The highest BCUT2D eigenvalue weighted by Gasteiger charge is 2.37. The number of fused-ring (bicyclic) bond motifs is 1. The second-order valence-corrected chi connectivity index (χ2v) is 7.22. The molecule has 7 nitrogen and oxygen atoms in total. The molecule has 1 amide bonds. The van der Waals surface area contributed by atoms with Crippen LogP contribution < -0.4 is 10.6 Å². The number of halogens is 3. The average Bonchev–Trinajstić information content (AvgIpc) is 3.05. The first-order valence-electron chi connectivity index (χ1n) is 9.40. The van der Waals surface area contributed by atoms with Crippen LogP contribution in [0.25, 0.3) is 17.3 Å². The summed E-state index contributed by atoms with van der Waals surface area (Å²) in [6.07, 6.45) is 2.82. The van der Waals surface area contributed by atoms with Crippen molar-refractivity contribution in [3.8, 4) is 11.3 Å². The molecule has 0 bridgehead atoms. The number of carbonyl (C=O) groups is 1. The monoisotopic (exact) mass is 406 g/mol. The number of alkyl halides is 3. The van der Waals surface area contributed by atoms with Crippen molar-refractivity contribution < 1.29 is 18.0 Å². The highest BCUT2D eigenvalue weighted by molar-refractivity contribution is 6.00. The molecule has 1 atom stereocenters. The van der Waals surface area contributed by atoms with Crippen LogP contribution >= 0.6 is 0 Å². The van der Waals surface area contributed by atoms with Crippen molar-refractivity contribution in [3.63, 3.8) is 0 Å². The van der Waals surface area contributed by atoms with Gasteiger partial charge in [0, 0.05) is 49.7 Å². The molecule has 4 rings (SSSR count). The Morgan fingerprint density at radius 1 is 1.34 bits per heavy atom. The first-order chi connectivity index (χ1) is 13.8. The van der Waals surface area contributed by atoms with Crippen molar-refractivity contribution in [3.05, 3.63) is 35.3 Å². The molecule has 0 spiro atoms. The van der Waals surface area contributed by atoms with Crippen LogP contribution in [0.3, 0.4) is 0 Å². The van der Waals surface area contributed by atoms with E-state index in [1.807, 2.05) is 0 Å². The molecular formula is C19H21F3N6O. The minimum atomic E-state index is -4.63. The predicted octanol–water partition coefficient (Wildman–Crippen LogP) is 2.75. The van der Waals surface area contributed by atoms with E-state index in [0.717, 1.165) is 25.6 Å². The molecule has 10 heteroatoms. The van der Waals surface area contributed by atoms with E-state index in [1.165, 1.54) is 11.1 Å². The van der Waals surface area contributed by atoms with Crippen LogP contribution in [0.1, 0.15) is 34.5 Å². The van der Waals surface area contributed by atoms with Gasteiger partial charge in [-0.25, -0.2) is 9.97 Å². The molecule has 1 fully saturated rings. The van der Waals surface area contributed by atoms with E-state index in [-0.39, 0.29) is 34.8 Å². The first kappa shape index (κ1) is 19.4. The summed E-state index contributed by atoms with van der Waals surface area (Å²) >= 11 is 0. The van der Waals surface area contributed by atoms with Crippen LogP contribution in [0.4, 0.5) is 19.1 Å². The molecule has 2 aromatic heterocycles. The van der Waals surface area contributed by atoms with Gasteiger partial charge >= 0.3 is 6.18 Å². The molecule has 0 aromatic carbocycles. The summed E-state index contributed by atoms with van der Waals surface area (Å²) in [7, 11) is 1.63. The SMILES string of the molecule is CN1CC=Cc2c(-c3nc(NC4CCCNC4)ncc3C(F)(F)F)c[nH]c2C1=O. The van der Waals surface area contributed by atoms with Gasteiger partial charge in [0.1, 0.15) is 11.3 Å². The molecule has 3 N–H and O–H groups in total. The van der Waals surface area contributed by atoms with Crippen molar-refractivity contribution in [2.75, 3.05) is 32.0 Å². The van der Waals surface area contributed by atoms with Gasteiger partial charge in [0.25, 0.3) is 5.91 Å². The van der Waals surface area contributed by atoms with Gasteiger partial charge in [-0.05, 0) is 19.4 Å².